The average Bonchev–Trinajstić information content (AvgIpc) is 3.27. The fourth-order valence-electron chi connectivity index (χ4n) is 4.06. The van der Waals surface area contributed by atoms with E-state index in [4.69, 9.17) is 22.1 Å². The van der Waals surface area contributed by atoms with Gasteiger partial charge in [-0.3, -0.25) is 4.99 Å². The Morgan fingerprint density at radius 3 is 2.80 bits per heavy atom. The number of pyridine rings is 2. The Labute approximate surface area is 209 Å². The second-order valence-electron chi connectivity index (χ2n) is 8.21. The number of imidazole rings is 1. The Kier molecular flexibility index (Phi) is 7.02. The van der Waals surface area contributed by atoms with Gasteiger partial charge < -0.3 is 20.2 Å². The number of aliphatic imine (C=N–C) groups is 2. The first-order valence-corrected chi connectivity index (χ1v) is 11.5. The number of nitrogens with zero attached hydrogens (tertiary/aromatic N) is 5. The maximum atomic E-state index is 6.21. The van der Waals surface area contributed by atoms with E-state index in [0.717, 1.165) is 38.9 Å². The maximum Gasteiger partial charge on any atom is 0.216 e. The number of nitrogen functional groups attached to an aromatic ring is 1. The summed E-state index contributed by atoms with van der Waals surface area (Å²) in [6, 6.07) is 7.76. The van der Waals surface area contributed by atoms with Gasteiger partial charge in [0.05, 0.1) is 10.7 Å². The number of ether oxygens (including phenoxy) is 1. The average molecular weight is 490 g/mol. The molecule has 3 N–H and O–H groups in total. The number of amidine groups is 1. The van der Waals surface area contributed by atoms with E-state index in [0.29, 0.717) is 29.1 Å². The van der Waals surface area contributed by atoms with Crippen LogP contribution >= 0.6 is 11.6 Å². The van der Waals surface area contributed by atoms with E-state index in [1.165, 1.54) is 5.56 Å². The van der Waals surface area contributed by atoms with Crippen LogP contribution in [0.3, 0.4) is 0 Å². The highest BCUT2D eigenvalue weighted by atomic mass is 35.5. The summed E-state index contributed by atoms with van der Waals surface area (Å²) >= 11 is 6.21. The fraction of sp³-hybridized carbons (Fsp3) is 0.231. The van der Waals surface area contributed by atoms with Gasteiger partial charge in [-0.2, -0.15) is 0 Å². The molecule has 0 aliphatic rings. The first-order valence-electron chi connectivity index (χ1n) is 11.1. The molecule has 180 valence electrons. The zero-order valence-electron chi connectivity index (χ0n) is 20.3. The molecule has 1 aromatic carbocycles. The molecule has 4 aromatic rings. The molecule has 0 unspecified atom stereocenters. The Hall–Kier alpha value is -3.91. The summed E-state index contributed by atoms with van der Waals surface area (Å²) in [5, 5.41) is 6.11. The quantitative estimate of drug-likeness (QED) is 0.218. The van der Waals surface area contributed by atoms with E-state index in [-0.39, 0.29) is 6.61 Å². The zero-order chi connectivity index (χ0) is 25.1. The van der Waals surface area contributed by atoms with E-state index in [9.17, 15) is 0 Å². The molecule has 9 heteroatoms. The van der Waals surface area contributed by atoms with Crippen molar-refractivity contribution in [1.82, 2.24) is 19.7 Å². The summed E-state index contributed by atoms with van der Waals surface area (Å²) < 4.78 is 7.80. The predicted octanol–water partition coefficient (Wildman–Crippen LogP) is 4.92. The van der Waals surface area contributed by atoms with Gasteiger partial charge in [0.1, 0.15) is 23.9 Å². The first kappa shape index (κ1) is 24.2. The predicted molar refractivity (Wildman–Crippen MR) is 143 cm³/mol. The van der Waals surface area contributed by atoms with E-state index in [2.05, 4.69) is 51.9 Å². The SMILES string of the molecule is C=N/C(=C\C(=NC)NCc1c(C)cc2c(N)nccc2c1C)OCc1cn2c(C)c(Cl)ccc2n1. The number of hydrogen-bond donors (Lipinski definition) is 2. The minimum Gasteiger partial charge on any atom is -0.471 e. The van der Waals surface area contributed by atoms with Gasteiger partial charge in [0.2, 0.25) is 5.88 Å². The molecule has 0 radical (unpaired) electrons. The molecule has 0 spiro atoms. The van der Waals surface area contributed by atoms with Gasteiger partial charge in [-0.1, -0.05) is 11.6 Å². The number of nitrogens with one attached hydrogen (secondary N) is 1. The van der Waals surface area contributed by atoms with Crippen molar-refractivity contribution >= 4 is 46.4 Å². The lowest BCUT2D eigenvalue weighted by atomic mass is 9.96. The highest BCUT2D eigenvalue weighted by molar-refractivity contribution is 6.31. The number of aromatic nitrogens is 3. The van der Waals surface area contributed by atoms with Gasteiger partial charge in [-0.25, -0.2) is 15.0 Å². The van der Waals surface area contributed by atoms with Gasteiger partial charge in [0, 0.05) is 43.1 Å². The third-order valence-corrected chi connectivity index (χ3v) is 6.45. The van der Waals surface area contributed by atoms with Gasteiger partial charge in [-0.05, 0) is 73.8 Å². The lowest BCUT2D eigenvalue weighted by Crippen LogP contribution is -2.22. The number of hydrogen-bond acceptors (Lipinski definition) is 6. The topological polar surface area (TPSA) is 102 Å². The summed E-state index contributed by atoms with van der Waals surface area (Å²) in [4.78, 5) is 17.1. The van der Waals surface area contributed by atoms with Crippen LogP contribution in [0.1, 0.15) is 28.1 Å². The Bertz CT molecular complexity index is 1490. The molecule has 3 heterocycles. The summed E-state index contributed by atoms with van der Waals surface area (Å²) in [7, 11) is 1.71. The third-order valence-electron chi connectivity index (χ3n) is 6.05. The molecule has 0 saturated carbocycles. The van der Waals surface area contributed by atoms with Crippen molar-refractivity contribution in [3.63, 3.8) is 0 Å². The third kappa shape index (κ3) is 4.97. The number of rotatable bonds is 7. The smallest absolute Gasteiger partial charge is 0.216 e. The molecule has 0 fully saturated rings. The number of benzene rings is 1. The van der Waals surface area contributed by atoms with Crippen LogP contribution in [0.2, 0.25) is 5.02 Å². The standard InChI is InChI=1S/C26H28ClN7O/c1-15-10-20-19(8-9-31-26(20)28)16(2)21(15)12-32-23(29-4)11-25(30-5)35-14-18-13-34-17(3)22(27)6-7-24(34)33-18/h6-11,13H,5,12,14H2,1-4H3,(H2,28,31)(H,29,32)/b25-11+. The second kappa shape index (κ2) is 10.1. The van der Waals surface area contributed by atoms with E-state index >= 15 is 0 Å². The summed E-state index contributed by atoms with van der Waals surface area (Å²) in [6.45, 7) is 10.5. The fourth-order valence-corrected chi connectivity index (χ4v) is 4.21. The van der Waals surface area contributed by atoms with Gasteiger partial charge in [0.15, 0.2) is 0 Å². The van der Waals surface area contributed by atoms with Crippen LogP contribution in [0.4, 0.5) is 5.82 Å². The Morgan fingerprint density at radius 1 is 1.26 bits per heavy atom. The van der Waals surface area contributed by atoms with Gasteiger partial charge in [-0.15, -0.1) is 0 Å². The Morgan fingerprint density at radius 2 is 2.06 bits per heavy atom. The summed E-state index contributed by atoms with van der Waals surface area (Å²) in [6.07, 6.45) is 5.35. The molecule has 8 nitrogen and oxygen atoms in total. The highest BCUT2D eigenvalue weighted by Gasteiger charge is 2.11. The largest absolute Gasteiger partial charge is 0.471 e. The molecule has 3 aromatic heterocycles. The van der Waals surface area contributed by atoms with Crippen LogP contribution < -0.4 is 11.1 Å². The van der Waals surface area contributed by atoms with Crippen molar-refractivity contribution in [2.75, 3.05) is 12.8 Å². The molecule has 0 atom stereocenters. The first-order chi connectivity index (χ1) is 16.8. The van der Waals surface area contributed by atoms with Gasteiger partial charge >= 0.3 is 0 Å². The van der Waals surface area contributed by atoms with Crippen molar-refractivity contribution in [1.29, 1.82) is 0 Å². The number of anilines is 1. The Balaban J connectivity index is 1.48. The monoisotopic (exact) mass is 489 g/mol. The molecular formula is C26H28ClN7O. The van der Waals surface area contributed by atoms with Crippen LogP contribution in [0, 0.1) is 20.8 Å². The summed E-state index contributed by atoms with van der Waals surface area (Å²) in [5.74, 6) is 1.50. The lowest BCUT2D eigenvalue weighted by Gasteiger charge is -2.15. The van der Waals surface area contributed by atoms with E-state index < -0.39 is 0 Å². The number of aryl methyl sites for hydroxylation is 3. The highest BCUT2D eigenvalue weighted by Crippen LogP contribution is 2.28. The van der Waals surface area contributed by atoms with Crippen LogP contribution in [-0.2, 0) is 17.9 Å². The van der Waals surface area contributed by atoms with Crippen molar-refractivity contribution < 1.29 is 4.74 Å². The zero-order valence-corrected chi connectivity index (χ0v) is 21.0. The van der Waals surface area contributed by atoms with Crippen LogP contribution in [0.5, 0.6) is 0 Å². The van der Waals surface area contributed by atoms with Crippen molar-refractivity contribution in [3.8, 4) is 0 Å². The van der Waals surface area contributed by atoms with Crippen LogP contribution in [0.15, 0.2) is 58.6 Å². The lowest BCUT2D eigenvalue weighted by molar-refractivity contribution is 0.195. The number of nitrogens with two attached hydrogens (primary N) is 1. The molecule has 0 saturated heterocycles. The molecule has 0 aliphatic heterocycles. The minimum absolute atomic E-state index is 0.235. The number of halogens is 1. The van der Waals surface area contributed by atoms with Crippen molar-refractivity contribution in [2.24, 2.45) is 9.98 Å². The van der Waals surface area contributed by atoms with E-state index in [1.54, 1.807) is 19.3 Å². The molecule has 4 rings (SSSR count). The number of fused-ring (bicyclic) bond motifs is 2. The molecule has 0 amide bonds. The molecule has 35 heavy (non-hydrogen) atoms. The molecule has 0 aliphatic carbocycles. The van der Waals surface area contributed by atoms with Crippen molar-refractivity contribution in [2.45, 2.75) is 33.9 Å². The van der Waals surface area contributed by atoms with E-state index in [1.807, 2.05) is 35.7 Å². The molecule has 0 bridgehead atoms. The molecular weight excluding hydrogens is 462 g/mol. The summed E-state index contributed by atoms with van der Waals surface area (Å²) in [5.41, 5.74) is 12.0. The van der Waals surface area contributed by atoms with Crippen molar-refractivity contribution in [3.05, 3.63) is 81.7 Å². The normalized spacial score (nSPS) is 12.4. The minimum atomic E-state index is 0.235. The van der Waals surface area contributed by atoms with Crippen LogP contribution in [-0.4, -0.2) is 34.0 Å². The van der Waals surface area contributed by atoms with Crippen LogP contribution in [0.25, 0.3) is 16.4 Å². The van der Waals surface area contributed by atoms with Gasteiger partial charge in [0.25, 0.3) is 0 Å². The maximum absolute atomic E-state index is 6.21. The second-order valence-corrected chi connectivity index (χ2v) is 8.61.